The summed E-state index contributed by atoms with van der Waals surface area (Å²) in [5, 5.41) is 16.8. The fourth-order valence-corrected chi connectivity index (χ4v) is 2.77. The number of nitriles is 1. The number of hydrogen-bond acceptors (Lipinski definition) is 5. The lowest BCUT2D eigenvalue weighted by Crippen LogP contribution is -2.31. The molecular weight excluding hydrogens is 353 g/mol. The summed E-state index contributed by atoms with van der Waals surface area (Å²) >= 11 is 0. The lowest BCUT2D eigenvalue weighted by Gasteiger charge is -2.29. The lowest BCUT2D eigenvalue weighted by molar-refractivity contribution is 0.359. The average Bonchev–Trinajstić information content (AvgIpc) is 2.59. The quantitative estimate of drug-likeness (QED) is 0.624. The molecule has 1 atom stereocenters. The van der Waals surface area contributed by atoms with Crippen LogP contribution in [0, 0.1) is 29.5 Å². The number of anilines is 3. The largest absolute Gasteiger partial charge is 0.366 e. The number of aromatic nitrogens is 2. The molecule has 0 amide bonds. The molecule has 0 unspecified atom stereocenters. The predicted octanol–water partition coefficient (Wildman–Crippen LogP) is 5.54. The maximum Gasteiger partial charge on any atom is 0.229 e. The van der Waals surface area contributed by atoms with Gasteiger partial charge in [-0.05, 0) is 55.2 Å². The zero-order chi connectivity index (χ0) is 20.5. The number of para-hydroxylation sites is 1. The molecule has 3 rings (SSSR count). The predicted molar refractivity (Wildman–Crippen MR) is 111 cm³/mol. The molecule has 1 aromatic heterocycles. The Morgan fingerprint density at radius 1 is 1.14 bits per heavy atom. The van der Waals surface area contributed by atoms with Crippen LogP contribution >= 0.6 is 0 Å². The first-order chi connectivity index (χ1) is 13.2. The van der Waals surface area contributed by atoms with Crippen LogP contribution in [0.5, 0.6) is 0 Å². The molecule has 0 fully saturated rings. The average molecular weight is 377 g/mol. The van der Waals surface area contributed by atoms with Crippen molar-refractivity contribution in [2.24, 2.45) is 5.41 Å². The van der Waals surface area contributed by atoms with Crippen LogP contribution in [-0.2, 0) is 0 Å². The first kappa shape index (κ1) is 19.6. The molecule has 2 aromatic carbocycles. The number of benzene rings is 2. The molecule has 2 N–H and O–H groups in total. The number of nitrogens with zero attached hydrogens (tertiary/aromatic N) is 3. The van der Waals surface area contributed by atoms with Crippen molar-refractivity contribution in [2.45, 2.75) is 40.7 Å². The first-order valence-corrected chi connectivity index (χ1v) is 9.19. The van der Waals surface area contributed by atoms with Gasteiger partial charge in [0.05, 0.1) is 11.1 Å². The Balaban J connectivity index is 2.11. The molecule has 0 radical (unpaired) electrons. The van der Waals surface area contributed by atoms with Gasteiger partial charge in [-0.3, -0.25) is 0 Å². The number of fused-ring (bicyclic) bond motifs is 1. The normalized spacial score (nSPS) is 12.5. The van der Waals surface area contributed by atoms with E-state index in [0.717, 1.165) is 10.9 Å². The highest BCUT2D eigenvalue weighted by Crippen LogP contribution is 2.29. The van der Waals surface area contributed by atoms with Gasteiger partial charge in [0, 0.05) is 17.1 Å². The number of nitrogens with one attached hydrogen (secondary N) is 2. The zero-order valence-electron chi connectivity index (χ0n) is 16.8. The van der Waals surface area contributed by atoms with E-state index in [9.17, 15) is 9.65 Å². The summed E-state index contributed by atoms with van der Waals surface area (Å²) in [6.45, 7) is 10.3. The fraction of sp³-hybridized carbons (Fsp3) is 0.318. The van der Waals surface area contributed by atoms with Gasteiger partial charge in [-0.1, -0.05) is 26.8 Å². The molecule has 0 bridgehead atoms. The maximum absolute atomic E-state index is 13.7. The molecule has 6 heteroatoms. The van der Waals surface area contributed by atoms with Gasteiger partial charge in [-0.25, -0.2) is 9.37 Å². The van der Waals surface area contributed by atoms with E-state index in [4.69, 9.17) is 0 Å². The van der Waals surface area contributed by atoms with Gasteiger partial charge in [0.1, 0.15) is 17.7 Å². The van der Waals surface area contributed by atoms with E-state index in [2.05, 4.69) is 54.4 Å². The van der Waals surface area contributed by atoms with Gasteiger partial charge >= 0.3 is 0 Å². The van der Waals surface area contributed by atoms with Crippen LogP contribution in [0.1, 0.15) is 38.8 Å². The Labute approximate surface area is 164 Å². The summed E-state index contributed by atoms with van der Waals surface area (Å²) in [5.41, 5.74) is 2.38. The summed E-state index contributed by atoms with van der Waals surface area (Å²) < 4.78 is 13.7. The van der Waals surface area contributed by atoms with Crippen LogP contribution in [0.25, 0.3) is 10.9 Å². The molecule has 0 saturated heterocycles. The molecule has 0 aliphatic carbocycles. The highest BCUT2D eigenvalue weighted by atomic mass is 19.1. The van der Waals surface area contributed by atoms with Crippen LogP contribution < -0.4 is 10.6 Å². The third-order valence-electron chi connectivity index (χ3n) is 4.80. The van der Waals surface area contributed by atoms with Gasteiger partial charge < -0.3 is 10.6 Å². The Morgan fingerprint density at radius 3 is 2.54 bits per heavy atom. The molecule has 144 valence electrons. The maximum atomic E-state index is 13.7. The molecular formula is C22H24FN5. The van der Waals surface area contributed by atoms with E-state index in [0.29, 0.717) is 28.5 Å². The summed E-state index contributed by atoms with van der Waals surface area (Å²) in [5.74, 6) is 0.615. The fourth-order valence-electron chi connectivity index (χ4n) is 2.77. The van der Waals surface area contributed by atoms with Crippen molar-refractivity contribution in [3.05, 3.63) is 53.3 Å². The van der Waals surface area contributed by atoms with Crippen LogP contribution in [0.3, 0.4) is 0 Å². The Bertz CT molecular complexity index is 1040. The SMILES string of the molecule is Cc1cc(F)cc(Nc2nc(N[C@H](C)C(C)(C)C)c3cccc(C#N)c3n2)c1. The number of hydrogen-bond donors (Lipinski definition) is 2. The summed E-state index contributed by atoms with van der Waals surface area (Å²) in [6.07, 6.45) is 0. The Kier molecular flexibility index (Phi) is 5.19. The summed E-state index contributed by atoms with van der Waals surface area (Å²) in [4.78, 5) is 9.14. The molecule has 0 saturated carbocycles. The molecule has 1 heterocycles. The molecule has 0 spiro atoms. The van der Waals surface area contributed by atoms with Crippen molar-refractivity contribution >= 4 is 28.4 Å². The minimum Gasteiger partial charge on any atom is -0.366 e. The number of aryl methyl sites for hydroxylation is 1. The summed E-state index contributed by atoms with van der Waals surface area (Å²) in [7, 11) is 0. The monoisotopic (exact) mass is 377 g/mol. The topological polar surface area (TPSA) is 73.6 Å². The third kappa shape index (κ3) is 4.20. The third-order valence-corrected chi connectivity index (χ3v) is 4.80. The molecule has 28 heavy (non-hydrogen) atoms. The van der Waals surface area contributed by atoms with Crippen LogP contribution in [-0.4, -0.2) is 16.0 Å². The van der Waals surface area contributed by atoms with E-state index in [1.807, 2.05) is 25.1 Å². The van der Waals surface area contributed by atoms with E-state index in [1.165, 1.54) is 12.1 Å². The van der Waals surface area contributed by atoms with Crippen LogP contribution in [0.15, 0.2) is 36.4 Å². The van der Waals surface area contributed by atoms with Crippen molar-refractivity contribution in [3.63, 3.8) is 0 Å². The van der Waals surface area contributed by atoms with Gasteiger partial charge in [0.15, 0.2) is 0 Å². The second-order valence-electron chi connectivity index (χ2n) is 8.08. The van der Waals surface area contributed by atoms with Crippen LogP contribution in [0.2, 0.25) is 0 Å². The highest BCUT2D eigenvalue weighted by molar-refractivity contribution is 5.94. The second-order valence-corrected chi connectivity index (χ2v) is 8.08. The first-order valence-electron chi connectivity index (χ1n) is 9.19. The lowest BCUT2D eigenvalue weighted by atomic mass is 9.88. The number of halogens is 1. The Hall–Kier alpha value is -3.20. The van der Waals surface area contributed by atoms with Crippen molar-refractivity contribution in [1.82, 2.24) is 9.97 Å². The molecule has 3 aromatic rings. The molecule has 0 aliphatic heterocycles. The van der Waals surface area contributed by atoms with Gasteiger partial charge in [-0.15, -0.1) is 0 Å². The Morgan fingerprint density at radius 2 is 1.89 bits per heavy atom. The van der Waals surface area contributed by atoms with Gasteiger partial charge in [0.2, 0.25) is 5.95 Å². The number of rotatable bonds is 4. The van der Waals surface area contributed by atoms with Crippen LogP contribution in [0.4, 0.5) is 21.8 Å². The minimum absolute atomic E-state index is 0.0113. The van der Waals surface area contributed by atoms with Gasteiger partial charge in [-0.2, -0.15) is 10.2 Å². The minimum atomic E-state index is -0.333. The highest BCUT2D eigenvalue weighted by Gasteiger charge is 2.22. The van der Waals surface area contributed by atoms with Crippen molar-refractivity contribution < 1.29 is 4.39 Å². The zero-order valence-corrected chi connectivity index (χ0v) is 16.8. The molecule has 0 aliphatic rings. The van der Waals surface area contributed by atoms with E-state index in [-0.39, 0.29) is 17.3 Å². The van der Waals surface area contributed by atoms with Crippen molar-refractivity contribution in [2.75, 3.05) is 10.6 Å². The second kappa shape index (κ2) is 7.43. The summed E-state index contributed by atoms with van der Waals surface area (Å²) in [6, 6.07) is 12.4. The van der Waals surface area contributed by atoms with Crippen molar-refractivity contribution in [3.8, 4) is 6.07 Å². The standard InChI is InChI=1S/C22H24FN5/c1-13-9-16(23)11-17(10-13)26-21-27-19-15(12-24)7-6-8-18(19)20(28-21)25-14(2)22(3,4)5/h6-11,14H,1-5H3,(H2,25,26,27,28)/t14-/m1/s1. The molecule has 5 nitrogen and oxygen atoms in total. The van der Waals surface area contributed by atoms with E-state index in [1.54, 1.807) is 6.07 Å². The van der Waals surface area contributed by atoms with E-state index >= 15 is 0 Å². The van der Waals surface area contributed by atoms with Gasteiger partial charge in [0.25, 0.3) is 0 Å². The van der Waals surface area contributed by atoms with E-state index < -0.39 is 0 Å². The van der Waals surface area contributed by atoms with Crippen molar-refractivity contribution in [1.29, 1.82) is 5.26 Å². The smallest absolute Gasteiger partial charge is 0.229 e.